The second-order valence-electron chi connectivity index (χ2n) is 2.61. The standard InChI is InChI=1S/C9H10O4/c1-5-3-4-6(13-2)7(8(5)10)9(11)12/h3-4,10H,1-2H3,(H,11,12). The molecule has 0 spiro atoms. The first kappa shape index (κ1) is 9.38. The molecule has 0 aromatic heterocycles. The summed E-state index contributed by atoms with van der Waals surface area (Å²) in [6.07, 6.45) is 0. The van der Waals surface area contributed by atoms with Crippen molar-refractivity contribution in [3.63, 3.8) is 0 Å². The monoisotopic (exact) mass is 182 g/mol. The van der Waals surface area contributed by atoms with Gasteiger partial charge in [0.25, 0.3) is 0 Å². The predicted molar refractivity (Wildman–Crippen MR) is 46.4 cm³/mol. The highest BCUT2D eigenvalue weighted by Crippen LogP contribution is 2.30. The Labute approximate surface area is 75.4 Å². The van der Waals surface area contributed by atoms with Crippen LogP contribution in [0.3, 0.4) is 0 Å². The molecule has 13 heavy (non-hydrogen) atoms. The fraction of sp³-hybridized carbons (Fsp3) is 0.222. The van der Waals surface area contributed by atoms with E-state index in [4.69, 9.17) is 9.84 Å². The zero-order valence-electron chi connectivity index (χ0n) is 7.37. The fourth-order valence-corrected chi connectivity index (χ4v) is 1.05. The summed E-state index contributed by atoms with van der Waals surface area (Å²) < 4.78 is 4.80. The van der Waals surface area contributed by atoms with Gasteiger partial charge in [-0.3, -0.25) is 0 Å². The van der Waals surface area contributed by atoms with Crippen molar-refractivity contribution >= 4 is 5.97 Å². The van der Waals surface area contributed by atoms with Crippen LogP contribution in [-0.2, 0) is 0 Å². The topological polar surface area (TPSA) is 66.8 Å². The second kappa shape index (κ2) is 3.35. The third kappa shape index (κ3) is 1.56. The van der Waals surface area contributed by atoms with Gasteiger partial charge in [-0.2, -0.15) is 0 Å². The van der Waals surface area contributed by atoms with Gasteiger partial charge in [-0.05, 0) is 18.6 Å². The van der Waals surface area contributed by atoms with Crippen LogP contribution >= 0.6 is 0 Å². The Hall–Kier alpha value is -1.71. The lowest BCUT2D eigenvalue weighted by Gasteiger charge is -2.08. The molecule has 4 nitrogen and oxygen atoms in total. The van der Waals surface area contributed by atoms with Gasteiger partial charge < -0.3 is 14.9 Å². The number of carbonyl (C=O) groups is 1. The van der Waals surface area contributed by atoms with Gasteiger partial charge >= 0.3 is 5.97 Å². The van der Waals surface area contributed by atoms with Crippen molar-refractivity contribution in [2.75, 3.05) is 7.11 Å². The number of methoxy groups -OCH3 is 1. The molecule has 1 aromatic carbocycles. The van der Waals surface area contributed by atoms with Gasteiger partial charge in [-0.25, -0.2) is 4.79 Å². The summed E-state index contributed by atoms with van der Waals surface area (Å²) in [7, 11) is 1.36. The first-order valence-corrected chi connectivity index (χ1v) is 3.67. The molecule has 1 rings (SSSR count). The van der Waals surface area contributed by atoms with Gasteiger partial charge in [0.15, 0.2) is 0 Å². The van der Waals surface area contributed by atoms with E-state index in [1.54, 1.807) is 13.0 Å². The number of phenols is 1. The van der Waals surface area contributed by atoms with Gasteiger partial charge in [0.05, 0.1) is 7.11 Å². The number of hydrogen-bond acceptors (Lipinski definition) is 3. The summed E-state index contributed by atoms with van der Waals surface area (Å²) in [6.45, 7) is 1.63. The molecule has 0 saturated carbocycles. The summed E-state index contributed by atoms with van der Waals surface area (Å²) >= 11 is 0. The number of carboxylic acid groups (broad SMARTS) is 1. The number of aromatic hydroxyl groups is 1. The maximum Gasteiger partial charge on any atom is 0.343 e. The Kier molecular flexibility index (Phi) is 2.41. The van der Waals surface area contributed by atoms with Gasteiger partial charge in [0, 0.05) is 0 Å². The Morgan fingerprint density at radius 3 is 2.54 bits per heavy atom. The second-order valence-corrected chi connectivity index (χ2v) is 2.61. The Morgan fingerprint density at radius 2 is 2.08 bits per heavy atom. The molecule has 0 saturated heterocycles. The maximum atomic E-state index is 10.7. The van der Waals surface area contributed by atoms with E-state index in [0.717, 1.165) is 0 Å². The molecule has 0 aliphatic carbocycles. The Morgan fingerprint density at radius 1 is 1.46 bits per heavy atom. The third-order valence-electron chi connectivity index (χ3n) is 1.78. The molecule has 2 N–H and O–H groups in total. The molecule has 0 radical (unpaired) electrons. The van der Waals surface area contributed by atoms with Crippen LogP contribution in [0.25, 0.3) is 0 Å². The highest BCUT2D eigenvalue weighted by Gasteiger charge is 2.17. The molecular weight excluding hydrogens is 172 g/mol. The highest BCUT2D eigenvalue weighted by molar-refractivity contribution is 5.94. The number of aromatic carboxylic acids is 1. The van der Waals surface area contributed by atoms with Crippen molar-refractivity contribution in [3.8, 4) is 11.5 Å². The van der Waals surface area contributed by atoms with Crippen LogP contribution < -0.4 is 4.74 Å². The Bertz CT molecular complexity index is 344. The maximum absolute atomic E-state index is 10.7. The summed E-state index contributed by atoms with van der Waals surface area (Å²) in [5, 5.41) is 18.2. The van der Waals surface area contributed by atoms with Crippen LogP contribution in [-0.4, -0.2) is 23.3 Å². The van der Waals surface area contributed by atoms with Gasteiger partial charge in [0.2, 0.25) is 0 Å². The minimum Gasteiger partial charge on any atom is -0.507 e. The van der Waals surface area contributed by atoms with E-state index >= 15 is 0 Å². The lowest BCUT2D eigenvalue weighted by molar-refractivity contribution is 0.0690. The van der Waals surface area contributed by atoms with Crippen molar-refractivity contribution in [1.82, 2.24) is 0 Å². The molecule has 0 heterocycles. The van der Waals surface area contributed by atoms with Crippen molar-refractivity contribution in [1.29, 1.82) is 0 Å². The lowest BCUT2D eigenvalue weighted by Crippen LogP contribution is -2.01. The van der Waals surface area contributed by atoms with Crippen LogP contribution in [0.15, 0.2) is 12.1 Å². The SMILES string of the molecule is COc1ccc(C)c(O)c1C(=O)O. The molecule has 0 fully saturated rings. The number of aryl methyl sites for hydroxylation is 1. The van der Waals surface area contributed by atoms with E-state index in [9.17, 15) is 9.90 Å². The van der Waals surface area contributed by atoms with Gasteiger partial charge in [-0.15, -0.1) is 0 Å². The van der Waals surface area contributed by atoms with E-state index in [0.29, 0.717) is 5.56 Å². The van der Waals surface area contributed by atoms with Gasteiger partial charge in [0.1, 0.15) is 17.1 Å². The molecule has 0 amide bonds. The van der Waals surface area contributed by atoms with Crippen molar-refractivity contribution in [3.05, 3.63) is 23.3 Å². The summed E-state index contributed by atoms with van der Waals surface area (Å²) in [6, 6.07) is 3.11. The number of hydrogen-bond donors (Lipinski definition) is 2. The van der Waals surface area contributed by atoms with E-state index < -0.39 is 5.97 Å². The van der Waals surface area contributed by atoms with Crippen LogP contribution in [0.5, 0.6) is 11.5 Å². The van der Waals surface area contributed by atoms with E-state index in [1.165, 1.54) is 13.2 Å². The summed E-state index contributed by atoms with van der Waals surface area (Å²) in [5.41, 5.74) is 0.320. The lowest BCUT2D eigenvalue weighted by atomic mass is 10.1. The first-order chi connectivity index (χ1) is 6.07. The molecule has 0 unspecified atom stereocenters. The number of carboxylic acids is 1. The predicted octanol–water partition coefficient (Wildman–Crippen LogP) is 1.41. The average Bonchev–Trinajstić information content (AvgIpc) is 2.08. The van der Waals surface area contributed by atoms with Crippen LogP contribution in [0, 0.1) is 6.92 Å². The minimum absolute atomic E-state index is 0.163. The third-order valence-corrected chi connectivity index (χ3v) is 1.78. The zero-order valence-corrected chi connectivity index (χ0v) is 7.37. The van der Waals surface area contributed by atoms with Crippen LogP contribution in [0.1, 0.15) is 15.9 Å². The fourth-order valence-electron chi connectivity index (χ4n) is 1.05. The molecule has 0 aliphatic heterocycles. The van der Waals surface area contributed by atoms with Crippen molar-refractivity contribution < 1.29 is 19.7 Å². The molecule has 4 heteroatoms. The quantitative estimate of drug-likeness (QED) is 0.725. The van der Waals surface area contributed by atoms with Crippen LogP contribution in [0.2, 0.25) is 0 Å². The minimum atomic E-state index is -1.20. The van der Waals surface area contributed by atoms with E-state index in [-0.39, 0.29) is 17.1 Å². The number of ether oxygens (including phenoxy) is 1. The number of rotatable bonds is 2. The summed E-state index contributed by atoms with van der Waals surface area (Å²) in [5.74, 6) is -1.28. The smallest absolute Gasteiger partial charge is 0.343 e. The molecule has 1 aromatic rings. The molecule has 0 atom stereocenters. The molecular formula is C9H10O4. The molecule has 0 aliphatic rings. The van der Waals surface area contributed by atoms with Gasteiger partial charge in [-0.1, -0.05) is 6.07 Å². The average molecular weight is 182 g/mol. The normalized spacial score (nSPS) is 9.69. The summed E-state index contributed by atoms with van der Waals surface area (Å²) in [4.78, 5) is 10.7. The van der Waals surface area contributed by atoms with E-state index in [1.807, 2.05) is 0 Å². The largest absolute Gasteiger partial charge is 0.507 e. The van der Waals surface area contributed by atoms with Crippen LogP contribution in [0.4, 0.5) is 0 Å². The van der Waals surface area contributed by atoms with E-state index in [2.05, 4.69) is 0 Å². The Balaban J connectivity index is 3.41. The first-order valence-electron chi connectivity index (χ1n) is 3.67. The molecule has 0 bridgehead atoms. The molecule has 70 valence electrons. The zero-order chi connectivity index (χ0) is 10.0. The van der Waals surface area contributed by atoms with Crippen molar-refractivity contribution in [2.24, 2.45) is 0 Å². The van der Waals surface area contributed by atoms with Crippen molar-refractivity contribution in [2.45, 2.75) is 6.92 Å². The highest BCUT2D eigenvalue weighted by atomic mass is 16.5. The number of benzene rings is 1.